The van der Waals surface area contributed by atoms with E-state index in [2.05, 4.69) is 44.4 Å². The lowest BCUT2D eigenvalue weighted by Gasteiger charge is -2.11. The van der Waals surface area contributed by atoms with Gasteiger partial charge in [0, 0.05) is 18.1 Å². The first-order valence-corrected chi connectivity index (χ1v) is 7.43. The van der Waals surface area contributed by atoms with E-state index < -0.39 is 0 Å². The molecule has 0 saturated heterocycles. The van der Waals surface area contributed by atoms with Crippen molar-refractivity contribution in [3.05, 3.63) is 69.8 Å². The molecule has 0 bridgehead atoms. The van der Waals surface area contributed by atoms with E-state index in [0.717, 1.165) is 26.6 Å². The Morgan fingerprint density at radius 2 is 1.85 bits per heavy atom. The van der Waals surface area contributed by atoms with Gasteiger partial charge in [-0.15, -0.1) is 0 Å². The molecule has 3 aromatic rings. The van der Waals surface area contributed by atoms with Crippen LogP contribution in [0.4, 0.5) is 5.69 Å². The van der Waals surface area contributed by atoms with Gasteiger partial charge in [-0.2, -0.15) is 0 Å². The molecule has 0 unspecified atom stereocenters. The molecule has 3 rings (SSSR count). The molecule has 0 aliphatic carbocycles. The molecule has 0 fully saturated rings. The number of fused-ring (bicyclic) bond motifs is 1. The minimum Gasteiger partial charge on any atom is -0.380 e. The molecule has 0 spiro atoms. The van der Waals surface area contributed by atoms with E-state index in [0.29, 0.717) is 11.6 Å². The number of hydrogen-bond donors (Lipinski definition) is 1. The molecule has 0 aliphatic heterocycles. The first-order chi connectivity index (χ1) is 9.75. The zero-order valence-corrected chi connectivity index (χ0v) is 12.9. The van der Waals surface area contributed by atoms with Crippen LogP contribution in [0.5, 0.6) is 0 Å². The number of aromatic nitrogens is 1. The third-order valence-corrected chi connectivity index (χ3v) is 4.53. The highest BCUT2D eigenvalue weighted by Gasteiger charge is 2.05. The summed E-state index contributed by atoms with van der Waals surface area (Å²) in [6.45, 7) is 0.702. The third kappa shape index (κ3) is 2.65. The Bertz CT molecular complexity index is 753. The Balaban J connectivity index is 1.89. The smallest absolute Gasteiger partial charge is 0.0751 e. The molecule has 1 heterocycles. The monoisotopic (exact) mass is 346 g/mol. The minimum atomic E-state index is 0.700. The second-order valence-electron chi connectivity index (χ2n) is 4.45. The fraction of sp³-hybridized carbons (Fsp3) is 0.0625. The maximum Gasteiger partial charge on any atom is 0.0751 e. The Kier molecular flexibility index (Phi) is 3.90. The van der Waals surface area contributed by atoms with Gasteiger partial charge in [0.15, 0.2) is 0 Å². The van der Waals surface area contributed by atoms with Gasteiger partial charge in [-0.05, 0) is 39.7 Å². The van der Waals surface area contributed by atoms with E-state index in [4.69, 9.17) is 11.6 Å². The summed E-state index contributed by atoms with van der Waals surface area (Å²) in [4.78, 5) is 4.46. The molecule has 1 N–H and O–H groups in total. The van der Waals surface area contributed by atoms with Crippen LogP contribution in [0.3, 0.4) is 0 Å². The number of para-hydroxylation sites is 1. The van der Waals surface area contributed by atoms with Crippen LogP contribution in [0.2, 0.25) is 5.02 Å². The molecule has 0 saturated carbocycles. The predicted molar refractivity (Wildman–Crippen MR) is 88.2 cm³/mol. The van der Waals surface area contributed by atoms with Gasteiger partial charge < -0.3 is 5.32 Å². The van der Waals surface area contributed by atoms with Gasteiger partial charge in [-0.1, -0.05) is 41.9 Å². The van der Waals surface area contributed by atoms with E-state index in [1.807, 2.05) is 36.5 Å². The summed E-state index contributed by atoms with van der Waals surface area (Å²) in [5.41, 5.74) is 3.17. The summed E-state index contributed by atoms with van der Waals surface area (Å²) < 4.78 is 0.884. The van der Waals surface area contributed by atoms with Crippen molar-refractivity contribution in [2.75, 3.05) is 5.32 Å². The standard InChI is InChI=1S/C16H12BrClN2/c17-15-13(18)7-2-8-14(15)20-10-12-5-1-4-11-6-3-9-19-16(11)12/h1-9,20H,10H2. The van der Waals surface area contributed by atoms with Gasteiger partial charge in [0.1, 0.15) is 0 Å². The molecule has 0 atom stereocenters. The zero-order chi connectivity index (χ0) is 13.9. The number of nitrogens with one attached hydrogen (secondary N) is 1. The first kappa shape index (κ1) is 13.4. The Labute approximate surface area is 130 Å². The lowest BCUT2D eigenvalue weighted by atomic mass is 10.1. The van der Waals surface area contributed by atoms with E-state index >= 15 is 0 Å². The average Bonchev–Trinajstić information content (AvgIpc) is 2.49. The summed E-state index contributed by atoms with van der Waals surface area (Å²) in [6.07, 6.45) is 1.82. The highest BCUT2D eigenvalue weighted by atomic mass is 79.9. The number of rotatable bonds is 3. The van der Waals surface area contributed by atoms with Crippen molar-refractivity contribution >= 4 is 44.1 Å². The van der Waals surface area contributed by atoms with Crippen LogP contribution >= 0.6 is 27.5 Å². The van der Waals surface area contributed by atoms with Crippen molar-refractivity contribution < 1.29 is 0 Å². The van der Waals surface area contributed by atoms with Crippen LogP contribution in [-0.2, 0) is 6.54 Å². The Morgan fingerprint density at radius 1 is 1.05 bits per heavy atom. The number of hydrogen-bond acceptors (Lipinski definition) is 2. The molecule has 4 heteroatoms. The van der Waals surface area contributed by atoms with Crippen LogP contribution in [0.25, 0.3) is 10.9 Å². The second kappa shape index (κ2) is 5.81. The number of anilines is 1. The molecule has 0 radical (unpaired) electrons. The summed E-state index contributed by atoms with van der Waals surface area (Å²) in [7, 11) is 0. The molecular weight excluding hydrogens is 336 g/mol. The SMILES string of the molecule is Clc1cccc(NCc2cccc3cccnc23)c1Br. The summed E-state index contributed by atoms with van der Waals surface area (Å²) in [6, 6.07) is 16.0. The Morgan fingerprint density at radius 3 is 2.75 bits per heavy atom. The molecule has 0 amide bonds. The van der Waals surface area contributed by atoms with Crippen molar-refractivity contribution in [1.29, 1.82) is 0 Å². The zero-order valence-electron chi connectivity index (χ0n) is 10.6. The number of halogens is 2. The van der Waals surface area contributed by atoms with Crippen molar-refractivity contribution in [2.45, 2.75) is 6.54 Å². The first-order valence-electron chi connectivity index (χ1n) is 6.26. The van der Waals surface area contributed by atoms with Crippen molar-refractivity contribution in [3.8, 4) is 0 Å². The van der Waals surface area contributed by atoms with E-state index in [-0.39, 0.29) is 0 Å². The van der Waals surface area contributed by atoms with Crippen LogP contribution in [0, 0.1) is 0 Å². The normalized spacial score (nSPS) is 10.7. The molecule has 20 heavy (non-hydrogen) atoms. The third-order valence-electron chi connectivity index (χ3n) is 3.14. The maximum absolute atomic E-state index is 6.09. The van der Waals surface area contributed by atoms with Crippen molar-refractivity contribution in [3.63, 3.8) is 0 Å². The highest BCUT2D eigenvalue weighted by Crippen LogP contribution is 2.30. The van der Waals surface area contributed by atoms with Gasteiger partial charge in [-0.3, -0.25) is 4.98 Å². The minimum absolute atomic E-state index is 0.700. The fourth-order valence-electron chi connectivity index (χ4n) is 2.14. The molecule has 2 aromatic carbocycles. The van der Waals surface area contributed by atoms with Crippen LogP contribution in [0.15, 0.2) is 59.2 Å². The maximum atomic E-state index is 6.09. The Hall–Kier alpha value is -1.58. The number of benzene rings is 2. The average molecular weight is 348 g/mol. The van der Waals surface area contributed by atoms with E-state index in [1.165, 1.54) is 0 Å². The quantitative estimate of drug-likeness (QED) is 0.699. The van der Waals surface area contributed by atoms with Crippen LogP contribution in [0.1, 0.15) is 5.56 Å². The van der Waals surface area contributed by atoms with Gasteiger partial charge >= 0.3 is 0 Å². The summed E-state index contributed by atoms with van der Waals surface area (Å²) in [5.74, 6) is 0. The van der Waals surface area contributed by atoms with Gasteiger partial charge in [-0.25, -0.2) is 0 Å². The topological polar surface area (TPSA) is 24.9 Å². The van der Waals surface area contributed by atoms with Crippen molar-refractivity contribution in [1.82, 2.24) is 4.98 Å². The van der Waals surface area contributed by atoms with Crippen LogP contribution < -0.4 is 5.32 Å². The van der Waals surface area contributed by atoms with Gasteiger partial charge in [0.05, 0.1) is 20.7 Å². The van der Waals surface area contributed by atoms with Crippen molar-refractivity contribution in [2.24, 2.45) is 0 Å². The summed E-state index contributed by atoms with van der Waals surface area (Å²) in [5, 5.41) is 5.24. The fourth-order valence-corrected chi connectivity index (χ4v) is 2.72. The molecular formula is C16H12BrClN2. The second-order valence-corrected chi connectivity index (χ2v) is 5.65. The summed E-state index contributed by atoms with van der Waals surface area (Å²) >= 11 is 9.58. The molecule has 1 aromatic heterocycles. The van der Waals surface area contributed by atoms with Gasteiger partial charge in [0.2, 0.25) is 0 Å². The molecule has 2 nitrogen and oxygen atoms in total. The van der Waals surface area contributed by atoms with E-state index in [9.17, 15) is 0 Å². The number of nitrogens with zero attached hydrogens (tertiary/aromatic N) is 1. The van der Waals surface area contributed by atoms with Gasteiger partial charge in [0.25, 0.3) is 0 Å². The predicted octanol–water partition coefficient (Wildman–Crippen LogP) is 5.26. The lowest BCUT2D eigenvalue weighted by molar-refractivity contribution is 1.15. The van der Waals surface area contributed by atoms with E-state index in [1.54, 1.807) is 0 Å². The number of pyridine rings is 1. The lowest BCUT2D eigenvalue weighted by Crippen LogP contribution is -2.01. The highest BCUT2D eigenvalue weighted by molar-refractivity contribution is 9.10. The largest absolute Gasteiger partial charge is 0.380 e. The molecule has 0 aliphatic rings. The molecule has 100 valence electrons. The van der Waals surface area contributed by atoms with Crippen LogP contribution in [-0.4, -0.2) is 4.98 Å².